The van der Waals surface area contributed by atoms with Crippen LogP contribution in [-0.2, 0) is 13.5 Å². The number of aromatic nitrogens is 2. The molecular weight excluding hydrogens is 328 g/mol. The van der Waals surface area contributed by atoms with E-state index in [-0.39, 0.29) is 0 Å². The first-order valence-electron chi connectivity index (χ1n) is 9.60. The van der Waals surface area contributed by atoms with Crippen LogP contribution in [0.2, 0.25) is 0 Å². The number of hydrogen-bond acceptors (Lipinski definition) is 0. The fourth-order valence-corrected chi connectivity index (χ4v) is 4.82. The van der Waals surface area contributed by atoms with Gasteiger partial charge in [0, 0.05) is 40.1 Å². The van der Waals surface area contributed by atoms with E-state index in [1.807, 2.05) is 0 Å². The second-order valence-corrected chi connectivity index (χ2v) is 7.41. The standard InChI is InChI=1S/C25H20N2/c1-26-22-13-7-5-11-18(22)20-15-16-21-19-12-6-8-14-23(19)27(25(21)24(20)26)17-9-3-2-4-10-17/h2-5,7-11,13-16H,6,12H2,1H3. The van der Waals surface area contributed by atoms with E-state index in [0.29, 0.717) is 0 Å². The molecule has 1 aliphatic rings. The van der Waals surface area contributed by atoms with E-state index >= 15 is 0 Å². The molecule has 0 amide bonds. The van der Waals surface area contributed by atoms with Gasteiger partial charge >= 0.3 is 0 Å². The van der Waals surface area contributed by atoms with E-state index in [1.54, 1.807) is 0 Å². The highest BCUT2D eigenvalue weighted by Gasteiger charge is 2.22. The Morgan fingerprint density at radius 1 is 0.741 bits per heavy atom. The monoisotopic (exact) mass is 348 g/mol. The molecule has 5 aromatic rings. The zero-order valence-electron chi connectivity index (χ0n) is 15.3. The molecule has 27 heavy (non-hydrogen) atoms. The normalized spacial score (nSPS) is 13.7. The van der Waals surface area contributed by atoms with Crippen LogP contribution >= 0.6 is 0 Å². The lowest BCUT2D eigenvalue weighted by atomic mass is 10.00. The van der Waals surface area contributed by atoms with Crippen LogP contribution < -0.4 is 0 Å². The molecule has 1 aliphatic carbocycles. The molecule has 0 aliphatic heterocycles. The van der Waals surface area contributed by atoms with Crippen LogP contribution in [0, 0.1) is 0 Å². The van der Waals surface area contributed by atoms with Crippen LogP contribution in [0.4, 0.5) is 0 Å². The average Bonchev–Trinajstić information content (AvgIpc) is 3.22. The number of allylic oxidation sites excluding steroid dienone is 1. The molecule has 0 bridgehead atoms. The summed E-state index contributed by atoms with van der Waals surface area (Å²) in [5, 5.41) is 4.04. The van der Waals surface area contributed by atoms with Crippen molar-refractivity contribution in [3.63, 3.8) is 0 Å². The Labute approximate surface area is 158 Å². The first-order chi connectivity index (χ1) is 13.3. The molecule has 0 saturated heterocycles. The maximum absolute atomic E-state index is 2.46. The number of rotatable bonds is 1. The quantitative estimate of drug-likeness (QED) is 0.339. The Morgan fingerprint density at radius 2 is 1.52 bits per heavy atom. The van der Waals surface area contributed by atoms with Crippen LogP contribution in [-0.4, -0.2) is 9.13 Å². The Bertz CT molecular complexity index is 1360. The predicted octanol–water partition coefficient (Wildman–Crippen LogP) is 6.23. The second-order valence-electron chi connectivity index (χ2n) is 7.41. The van der Waals surface area contributed by atoms with Crippen molar-refractivity contribution in [2.75, 3.05) is 0 Å². The van der Waals surface area contributed by atoms with Crippen molar-refractivity contribution in [2.24, 2.45) is 7.05 Å². The average molecular weight is 348 g/mol. The van der Waals surface area contributed by atoms with Gasteiger partial charge in [-0.25, -0.2) is 0 Å². The van der Waals surface area contributed by atoms with E-state index in [2.05, 4.69) is 95.1 Å². The molecule has 0 radical (unpaired) electrons. The highest BCUT2D eigenvalue weighted by Crippen LogP contribution is 2.40. The number of fused-ring (bicyclic) bond motifs is 7. The van der Waals surface area contributed by atoms with Gasteiger partial charge in [-0.1, -0.05) is 54.6 Å². The lowest BCUT2D eigenvalue weighted by Crippen LogP contribution is -2.00. The van der Waals surface area contributed by atoms with Gasteiger partial charge in [-0.3, -0.25) is 0 Å². The topological polar surface area (TPSA) is 9.86 Å². The predicted molar refractivity (Wildman–Crippen MR) is 115 cm³/mol. The van der Waals surface area contributed by atoms with Crippen LogP contribution in [0.1, 0.15) is 17.7 Å². The van der Waals surface area contributed by atoms with Crippen molar-refractivity contribution in [1.29, 1.82) is 0 Å². The van der Waals surface area contributed by atoms with E-state index in [1.165, 1.54) is 49.7 Å². The van der Waals surface area contributed by atoms with E-state index in [4.69, 9.17) is 0 Å². The smallest absolute Gasteiger partial charge is 0.0781 e. The molecule has 2 heteroatoms. The minimum absolute atomic E-state index is 1.11. The summed E-state index contributed by atoms with van der Waals surface area (Å²) >= 11 is 0. The first kappa shape index (κ1) is 14.9. The number of benzene rings is 3. The highest BCUT2D eigenvalue weighted by atomic mass is 15.0. The summed E-state index contributed by atoms with van der Waals surface area (Å²) in [6.07, 6.45) is 6.84. The van der Waals surface area contributed by atoms with Gasteiger partial charge in [-0.05, 0) is 42.7 Å². The molecule has 2 aromatic heterocycles. The summed E-state index contributed by atoms with van der Waals surface area (Å²) in [6, 6.07) is 24.1. The van der Waals surface area contributed by atoms with Gasteiger partial charge in [0.1, 0.15) is 0 Å². The van der Waals surface area contributed by atoms with Crippen molar-refractivity contribution in [3.05, 3.63) is 84.1 Å². The van der Waals surface area contributed by atoms with E-state index < -0.39 is 0 Å². The number of hydrogen-bond donors (Lipinski definition) is 0. The minimum atomic E-state index is 1.11. The molecular formula is C25H20N2. The summed E-state index contributed by atoms with van der Waals surface area (Å²) in [5.41, 5.74) is 7.97. The van der Waals surface area contributed by atoms with Gasteiger partial charge in [0.25, 0.3) is 0 Å². The number of para-hydroxylation sites is 2. The fraction of sp³-hybridized carbons (Fsp3) is 0.120. The van der Waals surface area contributed by atoms with E-state index in [9.17, 15) is 0 Å². The Kier molecular flexibility index (Phi) is 2.96. The molecule has 0 spiro atoms. The van der Waals surface area contributed by atoms with Crippen molar-refractivity contribution in [2.45, 2.75) is 12.8 Å². The lowest BCUT2D eigenvalue weighted by molar-refractivity contribution is 0.965. The third-order valence-corrected chi connectivity index (χ3v) is 5.99. The van der Waals surface area contributed by atoms with Gasteiger partial charge < -0.3 is 9.13 Å². The van der Waals surface area contributed by atoms with Crippen LogP contribution in [0.15, 0.2) is 72.8 Å². The zero-order valence-corrected chi connectivity index (χ0v) is 15.3. The summed E-state index contributed by atoms with van der Waals surface area (Å²) in [6.45, 7) is 0. The lowest BCUT2D eigenvalue weighted by Gasteiger charge is -2.12. The van der Waals surface area contributed by atoms with Crippen LogP contribution in [0.25, 0.3) is 44.5 Å². The van der Waals surface area contributed by atoms with E-state index in [0.717, 1.165) is 12.8 Å². The van der Waals surface area contributed by atoms with Crippen LogP contribution in [0.3, 0.4) is 0 Å². The second kappa shape index (κ2) is 5.37. The molecule has 0 saturated carbocycles. The van der Waals surface area contributed by atoms with Crippen molar-refractivity contribution >= 4 is 38.8 Å². The largest absolute Gasteiger partial charge is 0.342 e. The van der Waals surface area contributed by atoms with Gasteiger partial charge in [0.05, 0.1) is 11.0 Å². The minimum Gasteiger partial charge on any atom is -0.342 e. The summed E-state index contributed by atoms with van der Waals surface area (Å²) < 4.78 is 4.82. The van der Waals surface area contributed by atoms with Crippen molar-refractivity contribution in [1.82, 2.24) is 9.13 Å². The summed E-state index contributed by atoms with van der Waals surface area (Å²) in [5.74, 6) is 0. The molecule has 0 unspecified atom stereocenters. The third kappa shape index (κ3) is 1.90. The summed E-state index contributed by atoms with van der Waals surface area (Å²) in [4.78, 5) is 0. The third-order valence-electron chi connectivity index (χ3n) is 5.99. The molecule has 0 fully saturated rings. The number of aryl methyl sites for hydroxylation is 2. The number of nitrogens with zero attached hydrogens (tertiary/aromatic N) is 2. The van der Waals surface area contributed by atoms with Crippen LogP contribution in [0.5, 0.6) is 0 Å². The molecule has 3 aromatic carbocycles. The Morgan fingerprint density at radius 3 is 2.41 bits per heavy atom. The fourth-order valence-electron chi connectivity index (χ4n) is 4.82. The highest BCUT2D eigenvalue weighted by molar-refractivity contribution is 6.18. The molecule has 0 atom stereocenters. The molecule has 6 rings (SSSR count). The maximum atomic E-state index is 2.46. The molecule has 130 valence electrons. The Hall–Kier alpha value is -3.26. The van der Waals surface area contributed by atoms with Gasteiger partial charge in [-0.2, -0.15) is 0 Å². The maximum Gasteiger partial charge on any atom is 0.0781 e. The Balaban J connectivity index is 1.90. The van der Waals surface area contributed by atoms with Crippen molar-refractivity contribution in [3.8, 4) is 5.69 Å². The summed E-state index contributed by atoms with van der Waals surface area (Å²) in [7, 11) is 2.20. The zero-order chi connectivity index (χ0) is 18.0. The van der Waals surface area contributed by atoms with Crippen molar-refractivity contribution < 1.29 is 0 Å². The SMILES string of the molecule is Cn1c2ccccc2c2ccc3c4c(n(-c5ccccc5)c3c21)C=CCC4. The first-order valence-corrected chi connectivity index (χ1v) is 9.60. The molecule has 2 nitrogen and oxygen atoms in total. The van der Waals surface area contributed by atoms with Gasteiger partial charge in [-0.15, -0.1) is 0 Å². The molecule has 0 N–H and O–H groups in total. The molecule has 2 heterocycles. The van der Waals surface area contributed by atoms with Gasteiger partial charge in [0.15, 0.2) is 0 Å². The van der Waals surface area contributed by atoms with Gasteiger partial charge in [0.2, 0.25) is 0 Å².